The van der Waals surface area contributed by atoms with E-state index in [0.29, 0.717) is 12.1 Å². The fraction of sp³-hybridized carbons (Fsp3) is 0.409. The molecule has 1 aliphatic heterocycles. The van der Waals surface area contributed by atoms with Crippen molar-refractivity contribution < 1.29 is 14.3 Å². The van der Waals surface area contributed by atoms with E-state index in [1.54, 1.807) is 18.9 Å². The number of amides is 1. The van der Waals surface area contributed by atoms with E-state index < -0.39 is 0 Å². The van der Waals surface area contributed by atoms with Gasteiger partial charge in [-0.3, -0.25) is 9.48 Å². The second kappa shape index (κ2) is 7.39. The zero-order chi connectivity index (χ0) is 20.7. The molecule has 0 radical (unpaired) electrons. The van der Waals surface area contributed by atoms with E-state index >= 15 is 0 Å². The first-order valence-corrected chi connectivity index (χ1v) is 9.78. The van der Waals surface area contributed by atoms with Crippen LogP contribution in [0.25, 0.3) is 11.0 Å². The van der Waals surface area contributed by atoms with Crippen molar-refractivity contribution in [2.24, 2.45) is 7.05 Å². The Labute approximate surface area is 170 Å². The first-order valence-electron chi connectivity index (χ1n) is 9.78. The molecule has 3 aromatic rings. The van der Waals surface area contributed by atoms with E-state index in [4.69, 9.17) is 9.47 Å². The monoisotopic (exact) mass is 394 g/mol. The molecule has 4 rings (SSSR count). The molecule has 0 saturated carbocycles. The Morgan fingerprint density at radius 2 is 1.97 bits per heavy atom. The van der Waals surface area contributed by atoms with Crippen molar-refractivity contribution in [1.29, 1.82) is 0 Å². The van der Waals surface area contributed by atoms with Gasteiger partial charge < -0.3 is 14.4 Å². The van der Waals surface area contributed by atoms with Gasteiger partial charge in [-0.15, -0.1) is 0 Å². The van der Waals surface area contributed by atoms with Crippen LogP contribution in [-0.4, -0.2) is 46.3 Å². The van der Waals surface area contributed by atoms with Crippen LogP contribution in [0.15, 0.2) is 24.3 Å². The van der Waals surface area contributed by atoms with Crippen LogP contribution in [0.4, 0.5) is 0 Å². The molecule has 0 aliphatic carbocycles. The van der Waals surface area contributed by atoms with Crippen molar-refractivity contribution in [1.82, 2.24) is 19.7 Å². The van der Waals surface area contributed by atoms with Gasteiger partial charge >= 0.3 is 0 Å². The summed E-state index contributed by atoms with van der Waals surface area (Å²) in [6.07, 6.45) is 1.82. The molecule has 0 spiro atoms. The standard InChI is InChI=1S/C22H26N4O3/c1-13-11-17(20-14(2)24-25(3)21(20)23-13)22(27)26-10-6-7-18(26)16-12-15(28-4)8-9-19(16)29-5/h8-9,11-12,18H,6-7,10H2,1-5H3/t18-/m0/s1. The molecular formula is C22H26N4O3. The lowest BCUT2D eigenvalue weighted by Gasteiger charge is -2.27. The summed E-state index contributed by atoms with van der Waals surface area (Å²) in [6.45, 7) is 4.53. The molecule has 7 nitrogen and oxygen atoms in total. The van der Waals surface area contributed by atoms with Crippen LogP contribution in [0.3, 0.4) is 0 Å². The van der Waals surface area contributed by atoms with Gasteiger partial charge in [0.2, 0.25) is 0 Å². The van der Waals surface area contributed by atoms with Gasteiger partial charge in [-0.05, 0) is 51.0 Å². The summed E-state index contributed by atoms with van der Waals surface area (Å²) in [4.78, 5) is 20.2. The maximum atomic E-state index is 13.7. The lowest BCUT2D eigenvalue weighted by molar-refractivity contribution is 0.0735. The van der Waals surface area contributed by atoms with Gasteiger partial charge in [-0.25, -0.2) is 4.98 Å². The predicted octanol–water partition coefficient (Wildman–Crippen LogP) is 3.58. The number of ether oxygens (including phenoxy) is 2. The van der Waals surface area contributed by atoms with Crippen LogP contribution in [-0.2, 0) is 7.05 Å². The van der Waals surface area contributed by atoms with E-state index in [-0.39, 0.29) is 11.9 Å². The average molecular weight is 394 g/mol. The van der Waals surface area contributed by atoms with Gasteiger partial charge in [-0.2, -0.15) is 5.10 Å². The van der Waals surface area contributed by atoms with Gasteiger partial charge in [0.15, 0.2) is 5.65 Å². The average Bonchev–Trinajstić information content (AvgIpc) is 3.31. The van der Waals surface area contributed by atoms with E-state index in [2.05, 4.69) is 10.1 Å². The Kier molecular flexibility index (Phi) is 4.90. The summed E-state index contributed by atoms with van der Waals surface area (Å²) in [6, 6.07) is 7.55. The fourth-order valence-corrected chi connectivity index (χ4v) is 4.33. The number of rotatable bonds is 4. The molecule has 1 fully saturated rings. The third-order valence-corrected chi connectivity index (χ3v) is 5.64. The van der Waals surface area contributed by atoms with Gasteiger partial charge in [0.25, 0.3) is 5.91 Å². The molecule has 7 heteroatoms. The maximum absolute atomic E-state index is 13.7. The molecule has 1 aliphatic rings. The Morgan fingerprint density at radius 1 is 1.17 bits per heavy atom. The molecule has 1 atom stereocenters. The van der Waals surface area contributed by atoms with E-state index in [9.17, 15) is 4.79 Å². The molecule has 1 aromatic carbocycles. The summed E-state index contributed by atoms with van der Waals surface area (Å²) in [5, 5.41) is 5.30. The van der Waals surface area contributed by atoms with Crippen LogP contribution < -0.4 is 9.47 Å². The summed E-state index contributed by atoms with van der Waals surface area (Å²) in [5.41, 5.74) is 3.99. The van der Waals surface area contributed by atoms with Gasteiger partial charge in [-0.1, -0.05) is 0 Å². The number of aromatic nitrogens is 3. The molecular weight excluding hydrogens is 368 g/mol. The van der Waals surface area contributed by atoms with Crippen molar-refractivity contribution >= 4 is 16.9 Å². The minimum Gasteiger partial charge on any atom is -0.497 e. The Hall–Kier alpha value is -3.09. The normalized spacial score (nSPS) is 16.4. The number of methoxy groups -OCH3 is 2. The van der Waals surface area contributed by atoms with Crippen molar-refractivity contribution in [3.8, 4) is 11.5 Å². The Morgan fingerprint density at radius 3 is 2.69 bits per heavy atom. The van der Waals surface area contributed by atoms with Crippen molar-refractivity contribution in [3.05, 3.63) is 46.8 Å². The van der Waals surface area contributed by atoms with Gasteiger partial charge in [0.1, 0.15) is 11.5 Å². The molecule has 0 bridgehead atoms. The van der Waals surface area contributed by atoms with Crippen molar-refractivity contribution in [3.63, 3.8) is 0 Å². The Bertz CT molecular complexity index is 1090. The first-order chi connectivity index (χ1) is 13.9. The zero-order valence-corrected chi connectivity index (χ0v) is 17.5. The first kappa shape index (κ1) is 19.2. The highest BCUT2D eigenvalue weighted by Gasteiger charge is 2.34. The lowest BCUT2D eigenvalue weighted by atomic mass is 10.0. The molecule has 0 N–H and O–H groups in total. The number of likely N-dealkylation sites (tertiary alicyclic amines) is 1. The van der Waals surface area contributed by atoms with Crippen LogP contribution in [0, 0.1) is 13.8 Å². The highest BCUT2D eigenvalue weighted by molar-refractivity contribution is 6.06. The van der Waals surface area contributed by atoms with Crippen LogP contribution in [0.5, 0.6) is 11.5 Å². The number of fused-ring (bicyclic) bond motifs is 1. The predicted molar refractivity (Wildman–Crippen MR) is 111 cm³/mol. The number of aryl methyl sites for hydroxylation is 3. The van der Waals surface area contributed by atoms with E-state index in [0.717, 1.165) is 52.3 Å². The minimum atomic E-state index is -0.0620. The summed E-state index contributed by atoms with van der Waals surface area (Å²) in [5.74, 6) is 1.53. The van der Waals surface area contributed by atoms with Crippen LogP contribution in [0.2, 0.25) is 0 Å². The molecule has 2 aromatic heterocycles. The van der Waals surface area contributed by atoms with E-state index in [1.165, 1.54) is 0 Å². The number of hydrogen-bond donors (Lipinski definition) is 0. The summed E-state index contributed by atoms with van der Waals surface area (Å²) in [7, 11) is 5.15. The van der Waals surface area contributed by atoms with Crippen LogP contribution >= 0.6 is 0 Å². The fourth-order valence-electron chi connectivity index (χ4n) is 4.33. The second-order valence-corrected chi connectivity index (χ2v) is 7.48. The quantitative estimate of drug-likeness (QED) is 0.676. The number of hydrogen-bond acceptors (Lipinski definition) is 5. The molecule has 1 saturated heterocycles. The molecule has 3 heterocycles. The second-order valence-electron chi connectivity index (χ2n) is 7.48. The minimum absolute atomic E-state index is 0.00368. The highest BCUT2D eigenvalue weighted by atomic mass is 16.5. The van der Waals surface area contributed by atoms with Crippen molar-refractivity contribution in [2.45, 2.75) is 32.7 Å². The topological polar surface area (TPSA) is 69.5 Å². The lowest BCUT2D eigenvalue weighted by Crippen LogP contribution is -2.31. The number of benzene rings is 1. The Balaban J connectivity index is 1.80. The van der Waals surface area contributed by atoms with Gasteiger partial charge in [0, 0.05) is 24.8 Å². The summed E-state index contributed by atoms with van der Waals surface area (Å²) >= 11 is 0. The maximum Gasteiger partial charge on any atom is 0.255 e. The zero-order valence-electron chi connectivity index (χ0n) is 17.5. The SMILES string of the molecule is COc1ccc(OC)c([C@@H]2CCCN2C(=O)c2cc(C)nc3c2c(C)nn3C)c1. The molecule has 0 unspecified atom stereocenters. The number of nitrogens with zero attached hydrogens (tertiary/aromatic N) is 4. The third kappa shape index (κ3) is 3.20. The van der Waals surface area contributed by atoms with Gasteiger partial charge in [0.05, 0.1) is 36.9 Å². The smallest absolute Gasteiger partial charge is 0.255 e. The number of pyridine rings is 1. The number of carbonyl (C=O) groups is 1. The highest BCUT2D eigenvalue weighted by Crippen LogP contribution is 2.40. The number of carbonyl (C=O) groups excluding carboxylic acids is 1. The third-order valence-electron chi connectivity index (χ3n) is 5.64. The van der Waals surface area contributed by atoms with Crippen LogP contribution in [0.1, 0.15) is 46.2 Å². The van der Waals surface area contributed by atoms with E-state index in [1.807, 2.05) is 50.1 Å². The molecule has 29 heavy (non-hydrogen) atoms. The summed E-state index contributed by atoms with van der Waals surface area (Å²) < 4.78 is 12.7. The molecule has 152 valence electrons. The van der Waals surface area contributed by atoms with Crippen molar-refractivity contribution in [2.75, 3.05) is 20.8 Å². The molecule has 1 amide bonds. The largest absolute Gasteiger partial charge is 0.497 e.